The Morgan fingerprint density at radius 1 is 1.10 bits per heavy atom. The summed E-state index contributed by atoms with van der Waals surface area (Å²) < 4.78 is 38.7. The SMILES string of the molecule is CN1C(=O)c2cccc(OC(F)F)c2[C@H]2C[C@@H]1c1nn3ccc(-c4cnc(N5CC6(COC6)C5)nc4)cc3c12. The highest BCUT2D eigenvalue weighted by Crippen LogP contribution is 2.53. The Hall–Kier alpha value is -4.12. The van der Waals surface area contributed by atoms with Crippen LogP contribution in [0.5, 0.6) is 5.75 Å². The standard InChI is InChI=1S/C28H24F2N6O3/c1-34-20-8-18(22-17(25(34)37)3-2-4-21(22)39-26(29)30)23-19-7-15(5-6-36(19)33-24(20)23)16-9-31-27(32-10-16)35-11-28(12-35)13-38-14-28/h2-7,9-10,18,20,26H,8,11-14H2,1H3/t18-,20-/m1/s1. The average Bonchev–Trinajstić information content (AvgIpc) is 3.40. The van der Waals surface area contributed by atoms with Crippen molar-refractivity contribution in [2.45, 2.75) is 25.0 Å². The van der Waals surface area contributed by atoms with E-state index >= 15 is 0 Å². The van der Waals surface area contributed by atoms with Gasteiger partial charge in [-0.25, -0.2) is 14.5 Å². The molecule has 1 aromatic carbocycles. The second kappa shape index (κ2) is 7.95. The monoisotopic (exact) mass is 530 g/mol. The van der Waals surface area contributed by atoms with E-state index < -0.39 is 6.61 Å². The predicted octanol–water partition coefficient (Wildman–Crippen LogP) is 3.89. The lowest BCUT2D eigenvalue weighted by atomic mass is 9.78. The summed E-state index contributed by atoms with van der Waals surface area (Å²) in [6.45, 7) is 0.454. The van der Waals surface area contributed by atoms with E-state index in [2.05, 4.69) is 14.9 Å². The van der Waals surface area contributed by atoms with Crippen molar-refractivity contribution in [2.75, 3.05) is 38.3 Å². The van der Waals surface area contributed by atoms with E-state index in [-0.39, 0.29) is 29.0 Å². The highest BCUT2D eigenvalue weighted by Gasteiger charge is 2.50. The van der Waals surface area contributed by atoms with Gasteiger partial charge in [-0.3, -0.25) is 4.79 Å². The molecule has 0 saturated carbocycles. The molecule has 1 amide bonds. The molecular formula is C28H24F2N6O3. The van der Waals surface area contributed by atoms with Gasteiger partial charge in [0.25, 0.3) is 5.91 Å². The van der Waals surface area contributed by atoms with Crippen molar-refractivity contribution in [3.63, 3.8) is 0 Å². The number of hydrogen-bond donors (Lipinski definition) is 0. The van der Waals surface area contributed by atoms with Crippen molar-refractivity contribution in [3.05, 3.63) is 71.3 Å². The molecule has 1 aliphatic carbocycles. The Morgan fingerprint density at radius 2 is 1.90 bits per heavy atom. The third kappa shape index (κ3) is 3.25. The van der Waals surface area contributed by atoms with Crippen LogP contribution in [-0.4, -0.2) is 70.4 Å². The first-order chi connectivity index (χ1) is 18.9. The zero-order valence-electron chi connectivity index (χ0n) is 21.1. The van der Waals surface area contributed by atoms with Crippen LogP contribution in [0.15, 0.2) is 48.9 Å². The molecule has 0 N–H and O–H groups in total. The maximum absolute atomic E-state index is 13.3. The largest absolute Gasteiger partial charge is 0.434 e. The van der Waals surface area contributed by atoms with E-state index in [0.717, 1.165) is 54.2 Å². The fourth-order valence-corrected chi connectivity index (χ4v) is 6.65. The Balaban J connectivity index is 1.20. The molecule has 2 saturated heterocycles. The summed E-state index contributed by atoms with van der Waals surface area (Å²) in [7, 11) is 1.74. The van der Waals surface area contributed by atoms with Crippen LogP contribution in [0.1, 0.15) is 45.6 Å². The Kier molecular flexibility index (Phi) is 4.65. The topological polar surface area (TPSA) is 85.1 Å². The lowest BCUT2D eigenvalue weighted by Crippen LogP contribution is -2.66. The highest BCUT2D eigenvalue weighted by atomic mass is 19.3. The molecule has 6 heterocycles. The smallest absolute Gasteiger partial charge is 0.387 e. The number of rotatable bonds is 4. The first-order valence-corrected chi connectivity index (χ1v) is 12.9. The lowest BCUT2D eigenvalue weighted by molar-refractivity contribution is -0.127. The number of aromatic nitrogens is 4. The van der Waals surface area contributed by atoms with E-state index in [1.807, 2.05) is 30.7 Å². The van der Waals surface area contributed by atoms with Crippen LogP contribution in [0.4, 0.5) is 14.7 Å². The van der Waals surface area contributed by atoms with E-state index in [0.29, 0.717) is 23.5 Å². The normalized spacial score (nSPS) is 22.5. The van der Waals surface area contributed by atoms with E-state index in [1.54, 1.807) is 28.6 Å². The van der Waals surface area contributed by atoms with Crippen LogP contribution in [0.2, 0.25) is 0 Å². The summed E-state index contributed by atoms with van der Waals surface area (Å²) in [6.07, 6.45) is 6.08. The Morgan fingerprint density at radius 3 is 2.62 bits per heavy atom. The summed E-state index contributed by atoms with van der Waals surface area (Å²) in [4.78, 5) is 26.4. The molecule has 2 bridgehead atoms. The van der Waals surface area contributed by atoms with Gasteiger partial charge in [0.2, 0.25) is 5.95 Å². The number of hydrogen-bond acceptors (Lipinski definition) is 7. The van der Waals surface area contributed by atoms with Crippen LogP contribution in [-0.2, 0) is 4.74 Å². The van der Waals surface area contributed by atoms with Crippen molar-refractivity contribution in [2.24, 2.45) is 5.41 Å². The number of anilines is 1. The van der Waals surface area contributed by atoms with Crippen LogP contribution in [0, 0.1) is 5.41 Å². The minimum Gasteiger partial charge on any atom is -0.434 e. The number of nitrogens with zero attached hydrogens (tertiary/aromatic N) is 6. The number of carbonyl (C=O) groups excluding carboxylic acids is 1. The molecule has 3 aromatic heterocycles. The molecule has 8 rings (SSSR count). The van der Waals surface area contributed by atoms with Gasteiger partial charge >= 0.3 is 6.61 Å². The molecule has 0 radical (unpaired) electrons. The fraction of sp³-hybridized carbons (Fsp3) is 0.357. The summed E-state index contributed by atoms with van der Waals surface area (Å²) >= 11 is 0. The van der Waals surface area contributed by atoms with E-state index in [1.165, 1.54) is 6.07 Å². The van der Waals surface area contributed by atoms with Crippen molar-refractivity contribution in [1.82, 2.24) is 24.5 Å². The number of halogens is 2. The molecule has 198 valence electrons. The zero-order valence-corrected chi connectivity index (χ0v) is 21.1. The van der Waals surface area contributed by atoms with Gasteiger partial charge in [0.05, 0.1) is 35.9 Å². The van der Waals surface area contributed by atoms with Crippen molar-refractivity contribution in [3.8, 4) is 16.9 Å². The van der Waals surface area contributed by atoms with Gasteiger partial charge in [0, 0.05) is 66.9 Å². The molecule has 1 spiro atoms. The summed E-state index contributed by atoms with van der Waals surface area (Å²) in [6, 6.07) is 8.49. The number of pyridine rings is 1. The molecule has 4 aliphatic rings. The van der Waals surface area contributed by atoms with Crippen LogP contribution in [0.3, 0.4) is 0 Å². The number of benzene rings is 1. The summed E-state index contributed by atoms with van der Waals surface area (Å²) in [5.74, 6) is 0.201. The molecule has 11 heteroatoms. The maximum atomic E-state index is 13.3. The third-order valence-electron chi connectivity index (χ3n) is 8.60. The number of ether oxygens (including phenoxy) is 2. The number of alkyl halides is 2. The molecule has 3 aliphatic heterocycles. The highest BCUT2D eigenvalue weighted by molar-refractivity contribution is 5.98. The fourth-order valence-electron chi connectivity index (χ4n) is 6.65. The zero-order chi connectivity index (χ0) is 26.5. The Bertz CT molecular complexity index is 1640. The van der Waals surface area contributed by atoms with E-state index in [9.17, 15) is 13.6 Å². The average molecular weight is 531 g/mol. The minimum absolute atomic E-state index is 0.0310. The van der Waals surface area contributed by atoms with Gasteiger partial charge < -0.3 is 19.3 Å². The van der Waals surface area contributed by atoms with Crippen LogP contribution < -0.4 is 9.64 Å². The molecule has 9 nitrogen and oxygen atoms in total. The number of fused-ring (bicyclic) bond motifs is 9. The molecule has 0 unspecified atom stereocenters. The summed E-state index contributed by atoms with van der Waals surface area (Å²) in [5, 5.41) is 4.83. The van der Waals surface area contributed by atoms with Gasteiger partial charge in [-0.05, 0) is 36.2 Å². The van der Waals surface area contributed by atoms with Gasteiger partial charge in [-0.2, -0.15) is 13.9 Å². The van der Waals surface area contributed by atoms with Gasteiger partial charge in [-0.15, -0.1) is 0 Å². The van der Waals surface area contributed by atoms with Crippen LogP contribution >= 0.6 is 0 Å². The lowest BCUT2D eigenvalue weighted by Gasteiger charge is -2.54. The van der Waals surface area contributed by atoms with Gasteiger partial charge in [0.15, 0.2) is 0 Å². The van der Waals surface area contributed by atoms with E-state index in [4.69, 9.17) is 14.6 Å². The first kappa shape index (κ1) is 22.8. The van der Waals surface area contributed by atoms with Crippen LogP contribution in [0.25, 0.3) is 16.6 Å². The first-order valence-electron chi connectivity index (χ1n) is 12.9. The third-order valence-corrected chi connectivity index (χ3v) is 8.60. The van der Waals surface area contributed by atoms with Crippen molar-refractivity contribution in [1.29, 1.82) is 0 Å². The Labute approximate surface area is 222 Å². The number of amides is 1. The van der Waals surface area contributed by atoms with Crippen molar-refractivity contribution < 1.29 is 23.0 Å². The minimum atomic E-state index is -2.99. The summed E-state index contributed by atoms with van der Waals surface area (Å²) in [5.41, 5.74) is 5.51. The second-order valence-electron chi connectivity index (χ2n) is 11.0. The molecule has 2 fully saturated rings. The molecular weight excluding hydrogens is 506 g/mol. The molecule has 2 atom stereocenters. The van der Waals surface area contributed by atoms with Gasteiger partial charge in [-0.1, -0.05) is 6.07 Å². The second-order valence-corrected chi connectivity index (χ2v) is 11.0. The van der Waals surface area contributed by atoms with Gasteiger partial charge in [0.1, 0.15) is 5.75 Å². The quantitative estimate of drug-likeness (QED) is 0.396. The van der Waals surface area contributed by atoms with Crippen molar-refractivity contribution >= 4 is 17.4 Å². The maximum Gasteiger partial charge on any atom is 0.387 e. The number of carbonyl (C=O) groups is 1. The predicted molar refractivity (Wildman–Crippen MR) is 136 cm³/mol. The molecule has 39 heavy (non-hydrogen) atoms. The molecule has 4 aromatic rings.